The number of quaternary nitrogens is 1. The van der Waals surface area contributed by atoms with Crippen molar-refractivity contribution in [1.82, 2.24) is 4.98 Å². The molecule has 2 rings (SSSR count). The maximum absolute atomic E-state index is 4.39. The summed E-state index contributed by atoms with van der Waals surface area (Å²) < 4.78 is 0. The van der Waals surface area contributed by atoms with Crippen molar-refractivity contribution in [3.63, 3.8) is 0 Å². The van der Waals surface area contributed by atoms with Crippen LogP contribution in [0.2, 0.25) is 0 Å². The topological polar surface area (TPSA) is 17.3 Å². The molecule has 0 aromatic carbocycles. The Morgan fingerprint density at radius 2 is 2.31 bits per heavy atom. The molecule has 1 aromatic heterocycles. The summed E-state index contributed by atoms with van der Waals surface area (Å²) in [6, 6.07) is 6.66. The fourth-order valence-corrected chi connectivity index (χ4v) is 2.02. The zero-order chi connectivity index (χ0) is 9.10. The van der Waals surface area contributed by atoms with Crippen LogP contribution in [0.1, 0.15) is 31.0 Å². The predicted octanol–water partition coefficient (Wildman–Crippen LogP) is 0.983. The normalized spacial score (nSPS) is 28.7. The van der Waals surface area contributed by atoms with Crippen LogP contribution in [0.25, 0.3) is 0 Å². The van der Waals surface area contributed by atoms with Crippen LogP contribution >= 0.6 is 0 Å². The van der Waals surface area contributed by atoms with Crippen LogP contribution in [0.4, 0.5) is 0 Å². The summed E-state index contributed by atoms with van der Waals surface area (Å²) in [5.74, 6) is 0. The van der Waals surface area contributed by atoms with Gasteiger partial charge in [0.2, 0.25) is 0 Å². The molecular formula is C11H16N2. The first-order valence-electron chi connectivity index (χ1n) is 4.96. The average molecular weight is 176 g/mol. The Hall–Kier alpha value is -0.890. The van der Waals surface area contributed by atoms with E-state index in [4.69, 9.17) is 0 Å². The van der Waals surface area contributed by atoms with Crippen LogP contribution in [0.15, 0.2) is 24.4 Å². The van der Waals surface area contributed by atoms with E-state index in [2.05, 4.69) is 24.2 Å². The lowest BCUT2D eigenvalue weighted by Crippen LogP contribution is -3.08. The molecule has 1 saturated heterocycles. The summed E-state index contributed by atoms with van der Waals surface area (Å²) in [5.41, 5.74) is 1.20. The second-order valence-corrected chi connectivity index (χ2v) is 3.71. The Balaban J connectivity index is 2.15. The summed E-state index contributed by atoms with van der Waals surface area (Å²) in [6.07, 6.45) is 5.73. The SMILES string of the molecule is [CH2-][NH+]1CCCCC1c1ccccn1. The lowest BCUT2D eigenvalue weighted by Gasteiger charge is -2.34. The zero-order valence-corrected chi connectivity index (χ0v) is 7.87. The van der Waals surface area contributed by atoms with Crippen molar-refractivity contribution in [2.24, 2.45) is 0 Å². The van der Waals surface area contributed by atoms with Crippen LogP contribution in [0.3, 0.4) is 0 Å². The Kier molecular flexibility index (Phi) is 2.60. The molecule has 2 unspecified atom stereocenters. The maximum atomic E-state index is 4.39. The molecule has 2 nitrogen and oxygen atoms in total. The van der Waals surface area contributed by atoms with E-state index in [1.807, 2.05) is 12.3 Å². The minimum absolute atomic E-state index is 0.523. The Morgan fingerprint density at radius 1 is 1.38 bits per heavy atom. The molecule has 2 heteroatoms. The van der Waals surface area contributed by atoms with E-state index in [1.165, 1.54) is 36.4 Å². The summed E-state index contributed by atoms with van der Waals surface area (Å²) in [7, 11) is 4.13. The van der Waals surface area contributed by atoms with E-state index < -0.39 is 0 Å². The van der Waals surface area contributed by atoms with Crippen molar-refractivity contribution < 1.29 is 4.90 Å². The molecule has 0 amide bonds. The second kappa shape index (κ2) is 3.88. The van der Waals surface area contributed by atoms with Crippen molar-refractivity contribution in [1.29, 1.82) is 0 Å². The number of nitrogens with one attached hydrogen (secondary N) is 1. The van der Waals surface area contributed by atoms with Gasteiger partial charge in [-0.2, -0.15) is 7.05 Å². The number of hydrogen-bond acceptors (Lipinski definition) is 1. The Bertz CT molecular complexity index is 258. The van der Waals surface area contributed by atoms with Gasteiger partial charge in [0.1, 0.15) is 6.04 Å². The largest absolute Gasteiger partial charge is 0.460 e. The monoisotopic (exact) mass is 176 g/mol. The maximum Gasteiger partial charge on any atom is 0.106 e. The molecule has 2 atom stereocenters. The third-order valence-electron chi connectivity index (χ3n) is 2.78. The van der Waals surface area contributed by atoms with Gasteiger partial charge in [0.15, 0.2) is 0 Å². The molecule has 0 aliphatic carbocycles. The van der Waals surface area contributed by atoms with Crippen LogP contribution in [-0.2, 0) is 0 Å². The first kappa shape index (κ1) is 8.70. The van der Waals surface area contributed by atoms with Crippen molar-refractivity contribution in [3.8, 4) is 0 Å². The standard InChI is InChI=1S/C11H16N2/c1-13-9-5-3-7-11(13)10-6-2-4-8-12-10/h2,4,6,8,11,13H,1,3,5,7,9H2. The van der Waals surface area contributed by atoms with Gasteiger partial charge in [0.25, 0.3) is 0 Å². The molecule has 1 N–H and O–H groups in total. The van der Waals surface area contributed by atoms with Crippen molar-refractivity contribution in [3.05, 3.63) is 37.1 Å². The quantitative estimate of drug-likeness (QED) is 0.631. The highest BCUT2D eigenvalue weighted by Crippen LogP contribution is 2.16. The van der Waals surface area contributed by atoms with Gasteiger partial charge < -0.3 is 4.90 Å². The third-order valence-corrected chi connectivity index (χ3v) is 2.78. The molecule has 0 radical (unpaired) electrons. The smallest absolute Gasteiger partial charge is 0.106 e. The molecule has 2 heterocycles. The van der Waals surface area contributed by atoms with E-state index >= 15 is 0 Å². The van der Waals surface area contributed by atoms with E-state index in [-0.39, 0.29) is 0 Å². The fraction of sp³-hybridized carbons (Fsp3) is 0.455. The first-order chi connectivity index (χ1) is 6.38. The van der Waals surface area contributed by atoms with Gasteiger partial charge >= 0.3 is 0 Å². The number of piperidine rings is 1. The summed E-state index contributed by atoms with van der Waals surface area (Å²) >= 11 is 0. The lowest BCUT2D eigenvalue weighted by molar-refractivity contribution is -0.893. The van der Waals surface area contributed by atoms with Crippen LogP contribution in [0, 0.1) is 7.05 Å². The van der Waals surface area contributed by atoms with Gasteiger partial charge in [-0.25, -0.2) is 0 Å². The number of nitrogens with zero attached hydrogens (tertiary/aromatic N) is 1. The average Bonchev–Trinajstić information content (AvgIpc) is 2.20. The molecule has 13 heavy (non-hydrogen) atoms. The first-order valence-corrected chi connectivity index (χ1v) is 4.96. The lowest BCUT2D eigenvalue weighted by atomic mass is 10.00. The molecule has 0 bridgehead atoms. The van der Waals surface area contributed by atoms with E-state index in [1.54, 1.807) is 0 Å². The van der Waals surface area contributed by atoms with Gasteiger partial charge in [-0.15, -0.1) is 0 Å². The van der Waals surface area contributed by atoms with Gasteiger partial charge in [-0.05, 0) is 25.0 Å². The molecular weight excluding hydrogens is 160 g/mol. The van der Waals surface area contributed by atoms with Crippen LogP contribution in [0.5, 0.6) is 0 Å². The second-order valence-electron chi connectivity index (χ2n) is 3.71. The molecule has 1 aliphatic heterocycles. The molecule has 1 fully saturated rings. The number of rotatable bonds is 1. The van der Waals surface area contributed by atoms with E-state index in [0.29, 0.717) is 6.04 Å². The Morgan fingerprint density at radius 3 is 3.00 bits per heavy atom. The summed E-state index contributed by atoms with van der Waals surface area (Å²) in [6.45, 7) is 1.18. The van der Waals surface area contributed by atoms with E-state index in [9.17, 15) is 0 Å². The van der Waals surface area contributed by atoms with Crippen molar-refractivity contribution in [2.75, 3.05) is 6.54 Å². The number of pyridine rings is 1. The van der Waals surface area contributed by atoms with Gasteiger partial charge in [-0.1, -0.05) is 6.07 Å². The molecule has 1 aliphatic rings. The molecule has 70 valence electrons. The number of aromatic nitrogens is 1. The van der Waals surface area contributed by atoms with Gasteiger partial charge in [0, 0.05) is 12.6 Å². The highest BCUT2D eigenvalue weighted by Gasteiger charge is 2.21. The molecule has 0 saturated carbocycles. The fourth-order valence-electron chi connectivity index (χ4n) is 2.02. The highest BCUT2D eigenvalue weighted by atomic mass is 15.1. The van der Waals surface area contributed by atoms with Crippen LogP contribution < -0.4 is 4.90 Å². The molecule has 0 spiro atoms. The summed E-state index contributed by atoms with van der Waals surface area (Å²) in [4.78, 5) is 5.76. The highest BCUT2D eigenvalue weighted by molar-refractivity contribution is 5.06. The minimum atomic E-state index is 0.523. The summed E-state index contributed by atoms with van der Waals surface area (Å²) in [5, 5.41) is 0. The van der Waals surface area contributed by atoms with Crippen LogP contribution in [-0.4, -0.2) is 11.5 Å². The van der Waals surface area contributed by atoms with E-state index in [0.717, 1.165) is 0 Å². The zero-order valence-electron chi connectivity index (χ0n) is 7.87. The predicted molar refractivity (Wildman–Crippen MR) is 52.0 cm³/mol. The molecule has 1 aromatic rings. The van der Waals surface area contributed by atoms with Gasteiger partial charge in [-0.3, -0.25) is 4.98 Å². The number of likely N-dealkylation sites (tertiary alicyclic amines) is 1. The van der Waals surface area contributed by atoms with Crippen molar-refractivity contribution in [2.45, 2.75) is 25.3 Å². The van der Waals surface area contributed by atoms with Crippen molar-refractivity contribution >= 4 is 0 Å². The third kappa shape index (κ3) is 1.89. The number of hydrogen-bond donors (Lipinski definition) is 1. The van der Waals surface area contributed by atoms with Gasteiger partial charge in [0.05, 0.1) is 12.2 Å². The Labute approximate surface area is 79.6 Å². The minimum Gasteiger partial charge on any atom is -0.460 e.